The largest absolute Gasteiger partial charge is 0.389 e. The van der Waals surface area contributed by atoms with E-state index in [2.05, 4.69) is 11.8 Å². The molecule has 10 nitrogen and oxygen atoms in total. The van der Waals surface area contributed by atoms with Crippen molar-refractivity contribution in [2.24, 2.45) is 0 Å². The van der Waals surface area contributed by atoms with E-state index in [9.17, 15) is 30.6 Å². The van der Waals surface area contributed by atoms with E-state index in [0.29, 0.717) is 6.54 Å². The molecule has 3 rings (SSSR count). The molecule has 0 aromatic carbocycles. The smallest absolute Gasteiger partial charge is 0.186 e. The molecule has 9 atom stereocenters. The molecule has 3 aliphatic heterocycles. The van der Waals surface area contributed by atoms with E-state index in [1.807, 2.05) is 4.90 Å². The van der Waals surface area contributed by atoms with Crippen molar-refractivity contribution in [3.05, 3.63) is 0 Å². The van der Waals surface area contributed by atoms with E-state index in [1.165, 1.54) is 19.3 Å². The van der Waals surface area contributed by atoms with Crippen molar-refractivity contribution in [1.82, 2.24) is 9.80 Å². The Kier molecular flexibility index (Phi) is 9.48. The van der Waals surface area contributed by atoms with E-state index in [0.717, 1.165) is 25.9 Å². The predicted octanol–water partition coefficient (Wildman–Crippen LogP) is -2.14. The molecule has 0 aromatic heterocycles. The lowest BCUT2D eigenvalue weighted by Gasteiger charge is -2.47. The van der Waals surface area contributed by atoms with Gasteiger partial charge in [0.1, 0.15) is 30.5 Å². The van der Waals surface area contributed by atoms with Crippen LogP contribution in [0.1, 0.15) is 39.0 Å². The first-order valence-electron chi connectivity index (χ1n) is 11.6. The topological polar surface area (TPSA) is 146 Å². The van der Waals surface area contributed by atoms with Gasteiger partial charge in [-0.05, 0) is 32.4 Å². The number of aliphatic hydroxyl groups is 6. The summed E-state index contributed by atoms with van der Waals surface area (Å²) in [7, 11) is 0. The fraction of sp³-hybridized carbons (Fsp3) is 1.00. The van der Waals surface area contributed by atoms with E-state index in [-0.39, 0.29) is 25.8 Å². The summed E-state index contributed by atoms with van der Waals surface area (Å²) < 4.78 is 11.0. The van der Waals surface area contributed by atoms with E-state index in [4.69, 9.17) is 9.47 Å². The molecule has 0 bridgehead atoms. The highest BCUT2D eigenvalue weighted by molar-refractivity contribution is 4.96. The molecule has 3 saturated heterocycles. The number of piperidine rings is 2. The SMILES string of the molecule is CCC[C@H](CN1CC(O)C(O)C(O)C1COC1OCC(O)C(O)C1O)N1CCCCC1. The molecule has 0 spiro atoms. The molecule has 3 aliphatic rings. The van der Waals surface area contributed by atoms with Crippen molar-refractivity contribution in [1.29, 1.82) is 0 Å². The molecule has 8 unspecified atom stereocenters. The standard InChI is InChI=1S/C21H40N2O8/c1-2-6-13(22-7-4-3-5-8-22)9-23-10-15(24)18(27)17(26)14(23)11-30-21-20(29)19(28)16(25)12-31-21/h13-21,24-29H,2-12H2,1H3/t13-,14?,15?,16?,17?,18?,19?,20?,21?/m1/s1. The number of rotatable bonds is 8. The van der Waals surface area contributed by atoms with Crippen LogP contribution in [0, 0.1) is 0 Å². The van der Waals surface area contributed by atoms with E-state index in [1.54, 1.807) is 0 Å². The monoisotopic (exact) mass is 448 g/mol. The Bertz CT molecular complexity index is 538. The quantitative estimate of drug-likeness (QED) is 0.243. The van der Waals surface area contributed by atoms with Gasteiger partial charge in [-0.15, -0.1) is 0 Å². The Labute approximate surface area is 184 Å². The molecular formula is C21H40N2O8. The summed E-state index contributed by atoms with van der Waals surface area (Å²) in [4.78, 5) is 4.43. The van der Waals surface area contributed by atoms with Gasteiger partial charge in [-0.1, -0.05) is 19.8 Å². The molecule has 0 radical (unpaired) electrons. The number of nitrogens with zero attached hydrogens (tertiary/aromatic N) is 2. The van der Waals surface area contributed by atoms with Gasteiger partial charge in [0, 0.05) is 19.1 Å². The lowest BCUT2D eigenvalue weighted by atomic mass is 9.93. The minimum Gasteiger partial charge on any atom is -0.389 e. The van der Waals surface area contributed by atoms with Crippen molar-refractivity contribution in [2.75, 3.05) is 39.4 Å². The summed E-state index contributed by atoms with van der Waals surface area (Å²) in [6, 6.07) is -0.335. The average Bonchev–Trinajstić information content (AvgIpc) is 2.77. The second kappa shape index (κ2) is 11.6. The molecule has 31 heavy (non-hydrogen) atoms. The fourth-order valence-corrected chi connectivity index (χ4v) is 4.96. The molecule has 10 heteroatoms. The minimum absolute atomic E-state index is 0.0612. The van der Waals surface area contributed by atoms with Crippen LogP contribution in [-0.2, 0) is 9.47 Å². The Morgan fingerprint density at radius 3 is 2.26 bits per heavy atom. The molecular weight excluding hydrogens is 408 g/mol. The molecule has 0 saturated carbocycles. The molecule has 0 aromatic rings. The molecule has 6 N–H and O–H groups in total. The van der Waals surface area contributed by atoms with Crippen LogP contribution in [0.2, 0.25) is 0 Å². The summed E-state index contributed by atoms with van der Waals surface area (Å²) in [5, 5.41) is 60.8. The summed E-state index contributed by atoms with van der Waals surface area (Å²) in [5.41, 5.74) is 0. The Balaban J connectivity index is 1.67. The molecule has 182 valence electrons. The second-order valence-electron chi connectivity index (χ2n) is 9.19. The first-order chi connectivity index (χ1) is 14.8. The number of hydrogen-bond acceptors (Lipinski definition) is 10. The number of hydrogen-bond donors (Lipinski definition) is 6. The number of ether oxygens (including phenoxy) is 2. The molecule has 0 amide bonds. The van der Waals surface area contributed by atoms with Crippen LogP contribution in [0.5, 0.6) is 0 Å². The van der Waals surface area contributed by atoms with Crippen molar-refractivity contribution in [2.45, 2.75) is 94.0 Å². The number of likely N-dealkylation sites (tertiary alicyclic amines) is 2. The van der Waals surface area contributed by atoms with Gasteiger partial charge in [0.25, 0.3) is 0 Å². The number of aliphatic hydroxyl groups excluding tert-OH is 6. The van der Waals surface area contributed by atoms with Crippen molar-refractivity contribution < 1.29 is 40.1 Å². The average molecular weight is 449 g/mol. The zero-order chi connectivity index (χ0) is 22.5. The third kappa shape index (κ3) is 6.14. The third-order valence-electron chi connectivity index (χ3n) is 6.89. The van der Waals surface area contributed by atoms with Crippen LogP contribution in [-0.4, -0.2) is 135 Å². The van der Waals surface area contributed by atoms with Crippen LogP contribution in [0.15, 0.2) is 0 Å². The lowest BCUT2D eigenvalue weighted by Crippen LogP contribution is -2.65. The Hall–Kier alpha value is -0.400. The Morgan fingerprint density at radius 1 is 0.903 bits per heavy atom. The zero-order valence-electron chi connectivity index (χ0n) is 18.4. The number of β-amino-alcohol motifs (C(OH)–C–C–N with tert-alkyl or cyclic N) is 1. The summed E-state index contributed by atoms with van der Waals surface area (Å²) in [6.07, 6.45) is -3.15. The van der Waals surface area contributed by atoms with Crippen LogP contribution >= 0.6 is 0 Å². The molecule has 0 aliphatic carbocycles. The summed E-state index contributed by atoms with van der Waals surface area (Å²) >= 11 is 0. The Morgan fingerprint density at radius 2 is 1.58 bits per heavy atom. The fourth-order valence-electron chi connectivity index (χ4n) is 4.96. The van der Waals surface area contributed by atoms with E-state index >= 15 is 0 Å². The van der Waals surface area contributed by atoms with Crippen molar-refractivity contribution in [3.63, 3.8) is 0 Å². The van der Waals surface area contributed by atoms with Crippen LogP contribution in [0.25, 0.3) is 0 Å². The van der Waals surface area contributed by atoms with Gasteiger partial charge in [-0.3, -0.25) is 9.80 Å². The van der Waals surface area contributed by atoms with Gasteiger partial charge in [-0.2, -0.15) is 0 Å². The maximum Gasteiger partial charge on any atom is 0.186 e. The van der Waals surface area contributed by atoms with Crippen LogP contribution in [0.3, 0.4) is 0 Å². The maximum atomic E-state index is 10.7. The van der Waals surface area contributed by atoms with Gasteiger partial charge < -0.3 is 40.1 Å². The third-order valence-corrected chi connectivity index (χ3v) is 6.89. The zero-order valence-corrected chi connectivity index (χ0v) is 18.4. The highest BCUT2D eigenvalue weighted by Crippen LogP contribution is 2.25. The highest BCUT2D eigenvalue weighted by atomic mass is 16.7. The van der Waals surface area contributed by atoms with Gasteiger partial charge in [0.05, 0.1) is 25.4 Å². The van der Waals surface area contributed by atoms with Crippen molar-refractivity contribution in [3.8, 4) is 0 Å². The minimum atomic E-state index is -1.42. The maximum absolute atomic E-state index is 10.7. The van der Waals surface area contributed by atoms with Gasteiger partial charge in [0.2, 0.25) is 0 Å². The molecule has 3 heterocycles. The summed E-state index contributed by atoms with van der Waals surface area (Å²) in [6.45, 7) is 4.81. The summed E-state index contributed by atoms with van der Waals surface area (Å²) in [5.74, 6) is 0. The first kappa shape index (κ1) is 25.2. The van der Waals surface area contributed by atoms with E-state index < -0.39 is 49.0 Å². The van der Waals surface area contributed by atoms with Crippen molar-refractivity contribution >= 4 is 0 Å². The lowest BCUT2D eigenvalue weighted by molar-refractivity contribution is -0.277. The predicted molar refractivity (Wildman–Crippen MR) is 111 cm³/mol. The van der Waals surface area contributed by atoms with Gasteiger partial charge in [0.15, 0.2) is 6.29 Å². The second-order valence-corrected chi connectivity index (χ2v) is 9.19. The van der Waals surface area contributed by atoms with Gasteiger partial charge >= 0.3 is 0 Å². The first-order valence-corrected chi connectivity index (χ1v) is 11.6. The van der Waals surface area contributed by atoms with Crippen LogP contribution < -0.4 is 0 Å². The van der Waals surface area contributed by atoms with Gasteiger partial charge in [-0.25, -0.2) is 0 Å². The molecule has 3 fully saturated rings. The normalized spacial score (nSPS) is 41.9. The highest BCUT2D eigenvalue weighted by Gasteiger charge is 2.44. The van der Waals surface area contributed by atoms with Crippen LogP contribution in [0.4, 0.5) is 0 Å².